The van der Waals surface area contributed by atoms with Gasteiger partial charge in [0, 0.05) is 36.9 Å². The molecule has 0 aliphatic heterocycles. The third-order valence-corrected chi connectivity index (χ3v) is 14.0. The smallest absolute Gasteiger partial charge is 0.0714 e. The maximum Gasteiger partial charge on any atom is 0.0714 e. The molecule has 0 fully saturated rings. The molecule has 0 unspecified atom stereocenters. The molecule has 11 rings (SSSR count). The van der Waals surface area contributed by atoms with Gasteiger partial charge in [-0.05, 0) is 110 Å². The summed E-state index contributed by atoms with van der Waals surface area (Å²) >= 11 is 1.88. The molecule has 2 heteroatoms. The molecule has 0 N–H and O–H groups in total. The highest BCUT2D eigenvalue weighted by molar-refractivity contribution is 7.25. The van der Waals surface area contributed by atoms with Crippen molar-refractivity contribution < 1.29 is 0 Å². The van der Waals surface area contributed by atoms with Crippen molar-refractivity contribution in [2.24, 2.45) is 0 Å². The fourth-order valence-electron chi connectivity index (χ4n) is 10.8. The van der Waals surface area contributed by atoms with Crippen LogP contribution in [-0.4, -0.2) is 0 Å². The average molecular weight is 738 g/mol. The van der Waals surface area contributed by atoms with Crippen LogP contribution in [0.25, 0.3) is 42.1 Å². The van der Waals surface area contributed by atoms with Crippen LogP contribution < -0.4 is 4.90 Å². The second-order valence-electron chi connectivity index (χ2n) is 17.2. The lowest BCUT2D eigenvalue weighted by molar-refractivity contribution is 0.403. The van der Waals surface area contributed by atoms with Gasteiger partial charge in [0.05, 0.1) is 11.1 Å². The minimum Gasteiger partial charge on any atom is -0.310 e. The van der Waals surface area contributed by atoms with Crippen molar-refractivity contribution in [1.29, 1.82) is 0 Å². The van der Waals surface area contributed by atoms with Crippen LogP contribution in [0.1, 0.15) is 67.5 Å². The van der Waals surface area contributed by atoms with Crippen LogP contribution in [0, 0.1) is 0 Å². The van der Waals surface area contributed by atoms with E-state index >= 15 is 0 Å². The Morgan fingerprint density at radius 2 is 1.00 bits per heavy atom. The second kappa shape index (κ2) is 12.0. The molecule has 0 spiro atoms. The minimum atomic E-state index is -0.513. The van der Waals surface area contributed by atoms with Gasteiger partial charge in [0.2, 0.25) is 0 Å². The maximum atomic E-state index is 2.61. The fraction of sp³-hybridized carbons (Fsp3) is 0.148. The largest absolute Gasteiger partial charge is 0.310 e. The summed E-state index contributed by atoms with van der Waals surface area (Å²) in [4.78, 5) is 2.50. The van der Waals surface area contributed by atoms with Crippen LogP contribution in [0.15, 0.2) is 176 Å². The molecule has 270 valence electrons. The van der Waals surface area contributed by atoms with E-state index in [4.69, 9.17) is 0 Å². The Labute approximate surface area is 333 Å². The van der Waals surface area contributed by atoms with Crippen molar-refractivity contribution >= 4 is 59.3 Å². The first-order valence-electron chi connectivity index (χ1n) is 19.9. The molecule has 2 aliphatic rings. The Morgan fingerprint density at radius 3 is 1.75 bits per heavy atom. The third kappa shape index (κ3) is 4.72. The summed E-state index contributed by atoms with van der Waals surface area (Å²) in [5.74, 6) is 0. The predicted octanol–water partition coefficient (Wildman–Crippen LogP) is 15.0. The lowest BCUT2D eigenvalue weighted by Gasteiger charge is -2.35. The van der Waals surface area contributed by atoms with Gasteiger partial charge in [-0.3, -0.25) is 0 Å². The van der Waals surface area contributed by atoms with Crippen LogP contribution in [0.5, 0.6) is 0 Å². The molecule has 1 aromatic heterocycles. The number of anilines is 3. The summed E-state index contributed by atoms with van der Waals surface area (Å²) in [7, 11) is 0. The Morgan fingerprint density at radius 1 is 0.429 bits per heavy atom. The molecule has 8 aromatic carbocycles. The van der Waals surface area contributed by atoms with Crippen LogP contribution in [0.2, 0.25) is 0 Å². The highest BCUT2D eigenvalue weighted by Crippen LogP contribution is 2.61. The summed E-state index contributed by atoms with van der Waals surface area (Å²) < 4.78 is 2.62. The number of hydrogen-bond acceptors (Lipinski definition) is 2. The average Bonchev–Trinajstić information content (AvgIpc) is 3.80. The summed E-state index contributed by atoms with van der Waals surface area (Å²) in [6, 6.07) is 66.4. The Bertz CT molecular complexity index is 2960. The number of nitrogens with zero attached hydrogens (tertiary/aromatic N) is 1. The number of thiophene rings is 1. The number of hydrogen-bond donors (Lipinski definition) is 0. The standard InChI is InChI=1S/C54H43NS/c1-52(2)34-53(3,4)48-33-46-44(32-47(48)52)41-28-26-38(30-45(41)54(46,36-18-7-5-8-19-36)37-20-9-6-10-21-37)55(49-24-15-17-35-16-11-12-22-40(35)49)39-27-29-43-42-23-13-14-25-50(42)56-51(43)31-39/h5-33H,34H2,1-4H3. The molecule has 0 saturated carbocycles. The number of fused-ring (bicyclic) bond motifs is 8. The zero-order valence-electron chi connectivity index (χ0n) is 32.3. The van der Waals surface area contributed by atoms with Crippen molar-refractivity contribution in [3.63, 3.8) is 0 Å². The fourth-order valence-corrected chi connectivity index (χ4v) is 11.9. The Balaban J connectivity index is 1.23. The van der Waals surface area contributed by atoms with Gasteiger partial charge in [0.1, 0.15) is 0 Å². The highest BCUT2D eigenvalue weighted by atomic mass is 32.1. The zero-order valence-corrected chi connectivity index (χ0v) is 33.1. The molecule has 0 radical (unpaired) electrons. The van der Waals surface area contributed by atoms with Crippen LogP contribution in [-0.2, 0) is 16.2 Å². The van der Waals surface area contributed by atoms with Crippen molar-refractivity contribution in [3.05, 3.63) is 209 Å². The van der Waals surface area contributed by atoms with Crippen molar-refractivity contribution in [2.75, 3.05) is 4.90 Å². The lowest BCUT2D eigenvalue weighted by Crippen LogP contribution is -2.29. The van der Waals surface area contributed by atoms with E-state index in [1.807, 2.05) is 11.3 Å². The van der Waals surface area contributed by atoms with E-state index in [2.05, 4.69) is 209 Å². The minimum absolute atomic E-state index is 0.0727. The maximum absolute atomic E-state index is 2.61. The van der Waals surface area contributed by atoms with Crippen LogP contribution in [0.3, 0.4) is 0 Å². The first-order valence-corrected chi connectivity index (χ1v) is 20.7. The lowest BCUT2D eigenvalue weighted by atomic mass is 9.67. The molecule has 2 aliphatic carbocycles. The van der Waals surface area contributed by atoms with Crippen molar-refractivity contribution in [1.82, 2.24) is 0 Å². The molecule has 1 nitrogen and oxygen atoms in total. The van der Waals surface area contributed by atoms with E-state index < -0.39 is 5.41 Å². The summed E-state index contributed by atoms with van der Waals surface area (Å²) in [5.41, 5.74) is 14.1. The third-order valence-electron chi connectivity index (χ3n) is 12.9. The zero-order chi connectivity index (χ0) is 37.8. The van der Waals surface area contributed by atoms with E-state index in [1.165, 1.54) is 81.1 Å². The van der Waals surface area contributed by atoms with Gasteiger partial charge in [0.25, 0.3) is 0 Å². The van der Waals surface area contributed by atoms with Gasteiger partial charge in [-0.15, -0.1) is 11.3 Å². The Kier molecular flexibility index (Phi) is 7.16. The van der Waals surface area contributed by atoms with Gasteiger partial charge in [-0.1, -0.05) is 161 Å². The van der Waals surface area contributed by atoms with Crippen LogP contribution in [0.4, 0.5) is 17.1 Å². The molecule has 9 aromatic rings. The topological polar surface area (TPSA) is 3.24 Å². The van der Waals surface area contributed by atoms with Crippen LogP contribution >= 0.6 is 11.3 Å². The highest BCUT2D eigenvalue weighted by Gasteiger charge is 2.50. The van der Waals surface area contributed by atoms with Gasteiger partial charge < -0.3 is 4.90 Å². The van der Waals surface area contributed by atoms with Gasteiger partial charge >= 0.3 is 0 Å². The predicted molar refractivity (Wildman–Crippen MR) is 239 cm³/mol. The van der Waals surface area contributed by atoms with E-state index in [9.17, 15) is 0 Å². The molecule has 1 heterocycles. The SMILES string of the molecule is CC1(C)CC(C)(C)c2cc3c(cc21)-c1ccc(N(c2ccc4c(c2)sc2ccccc24)c2cccc4ccccc24)cc1C3(c1ccccc1)c1ccccc1. The Hall–Kier alpha value is -5.96. The summed E-state index contributed by atoms with van der Waals surface area (Å²) in [6.07, 6.45) is 1.14. The van der Waals surface area contributed by atoms with Gasteiger partial charge in [0.15, 0.2) is 0 Å². The van der Waals surface area contributed by atoms with E-state index in [0.717, 1.165) is 17.8 Å². The van der Waals surface area contributed by atoms with Gasteiger partial charge in [-0.2, -0.15) is 0 Å². The molecule has 0 atom stereocenters. The number of benzene rings is 8. The van der Waals surface area contributed by atoms with Gasteiger partial charge in [-0.25, -0.2) is 0 Å². The van der Waals surface area contributed by atoms with Crippen molar-refractivity contribution in [3.8, 4) is 11.1 Å². The first-order chi connectivity index (χ1) is 27.2. The summed E-state index contributed by atoms with van der Waals surface area (Å²) in [5, 5.41) is 5.09. The molecule has 56 heavy (non-hydrogen) atoms. The molecule has 0 amide bonds. The monoisotopic (exact) mass is 737 g/mol. The normalized spacial score (nSPS) is 15.9. The molecule has 0 bridgehead atoms. The summed E-state index contributed by atoms with van der Waals surface area (Å²) in [6.45, 7) is 9.75. The molecular weight excluding hydrogens is 695 g/mol. The molecular formula is C54H43NS. The van der Waals surface area contributed by atoms with Crippen molar-refractivity contribution in [2.45, 2.75) is 50.4 Å². The van der Waals surface area contributed by atoms with E-state index in [0.29, 0.717) is 0 Å². The first kappa shape index (κ1) is 33.4. The van der Waals surface area contributed by atoms with E-state index in [-0.39, 0.29) is 10.8 Å². The van der Waals surface area contributed by atoms with E-state index in [1.54, 1.807) is 0 Å². The number of rotatable bonds is 5. The second-order valence-corrected chi connectivity index (χ2v) is 18.3. The quantitative estimate of drug-likeness (QED) is 0.170. The molecule has 0 saturated heterocycles.